The highest BCUT2D eigenvalue weighted by Crippen LogP contribution is 2.62. The first-order valence-corrected chi connectivity index (χ1v) is 24.1. The van der Waals surface area contributed by atoms with Crippen LogP contribution in [-0.2, 0) is 0 Å². The zero-order valence-electron chi connectivity index (χ0n) is 40.2. The molecule has 74 heavy (non-hydrogen) atoms. The van der Waals surface area contributed by atoms with Crippen molar-refractivity contribution in [1.29, 1.82) is 0 Å². The minimum Gasteiger partial charge on any atom is -0.274 e. The maximum Gasteiger partial charge on any atom is 0.389 e. The number of unbranched alkanes of at least 4 members (excludes halogenated alkanes) is 12. The molecule has 0 spiro atoms. The third-order valence-electron chi connectivity index (χ3n) is 12.6. The van der Waals surface area contributed by atoms with Crippen LogP contribution < -0.4 is 4.90 Å². The number of benzene rings is 1. The predicted octanol–water partition coefficient (Wildman–Crippen LogP) is 18.5. The Morgan fingerprint density at radius 3 is 0.838 bits per heavy atom. The summed E-state index contributed by atoms with van der Waals surface area (Å²) in [6.45, 7) is 1.47. The van der Waals surface area contributed by atoms with E-state index in [9.17, 15) is 65.9 Å². The van der Waals surface area contributed by atoms with Crippen molar-refractivity contribution in [1.82, 2.24) is 0 Å². The third-order valence-corrected chi connectivity index (χ3v) is 12.6. The van der Waals surface area contributed by atoms with Crippen LogP contribution in [0.25, 0.3) is 0 Å². The highest BCUT2D eigenvalue weighted by atomic mass is 19.4. The van der Waals surface area contributed by atoms with Crippen LogP contribution in [0, 0.1) is 11.6 Å². The molecule has 0 radical (unpaired) electrons. The lowest BCUT2D eigenvalue weighted by Crippen LogP contribution is -3.06. The number of halogens is 27. The van der Waals surface area contributed by atoms with E-state index in [1.807, 2.05) is 0 Å². The molecule has 0 aliphatic rings. The van der Waals surface area contributed by atoms with E-state index >= 15 is 52.7 Å². The van der Waals surface area contributed by atoms with E-state index in [-0.39, 0.29) is 5.69 Å². The molecule has 29 heteroatoms. The zero-order chi connectivity index (χ0) is 57.6. The van der Waals surface area contributed by atoms with Crippen LogP contribution in [0.4, 0.5) is 124 Å². The molecule has 0 aliphatic heterocycles. The van der Waals surface area contributed by atoms with E-state index in [2.05, 4.69) is 0 Å². The Bertz CT molecular complexity index is 1480. The van der Waals surface area contributed by atoms with Crippen molar-refractivity contribution in [3.05, 3.63) is 29.8 Å². The Balaban J connectivity index is 0.00000352. The van der Waals surface area contributed by atoms with Gasteiger partial charge in [0.05, 0.1) is 6.54 Å². The van der Waals surface area contributed by atoms with Crippen molar-refractivity contribution < 1.29 is 123 Å². The molecule has 1 N–H and O–H groups in total. The number of hydrogen-bond donors (Lipinski definition) is 1. The summed E-state index contributed by atoms with van der Waals surface area (Å²) in [5.41, 5.74) is 0.173. The minimum absolute atomic E-state index is 0.173. The van der Waals surface area contributed by atoms with E-state index < -0.39 is 251 Å². The first kappa shape index (κ1) is 71.4. The summed E-state index contributed by atoms with van der Waals surface area (Å²) in [4.78, 5) is 0.359. The number of quaternary nitrogens is 1. The molecule has 5 unspecified atom stereocenters. The van der Waals surface area contributed by atoms with Gasteiger partial charge in [-0.15, -0.1) is 0 Å². The summed E-state index contributed by atoms with van der Waals surface area (Å²) in [5, 5.41) is 0. The average molecular weight is 1140 g/mol. The highest BCUT2D eigenvalue weighted by molar-refractivity contribution is 6.89. The van der Waals surface area contributed by atoms with Crippen molar-refractivity contribution in [3.8, 4) is 0 Å². The number of rotatable bonds is 35. The van der Waals surface area contributed by atoms with Gasteiger partial charge in [-0.05, 0) is 64.4 Å². The summed E-state index contributed by atoms with van der Waals surface area (Å²) < 4.78 is 382. The highest BCUT2D eigenvalue weighted by Gasteiger charge is 2.89. The molecule has 440 valence electrons. The second-order valence-electron chi connectivity index (χ2n) is 18.4. The van der Waals surface area contributed by atoms with Crippen molar-refractivity contribution >= 4 is 11.8 Å². The minimum atomic E-state index is -8.43. The number of hydrogen-bond acceptors (Lipinski definition) is 0. The van der Waals surface area contributed by atoms with Gasteiger partial charge in [0, 0.05) is 37.8 Å². The van der Waals surface area contributed by atoms with Crippen LogP contribution in [0.5, 0.6) is 0 Å². The van der Waals surface area contributed by atoms with Crippen molar-refractivity contribution in [2.24, 2.45) is 0 Å². The van der Waals surface area contributed by atoms with Gasteiger partial charge in [-0.3, -0.25) is 4.90 Å². The maximum absolute atomic E-state index is 16.5. The number of alkyl halides is 25. The predicted molar refractivity (Wildman–Crippen MR) is 224 cm³/mol. The molecule has 0 bridgehead atoms. The fourth-order valence-corrected chi connectivity index (χ4v) is 8.54. The number of nitrogens with one attached hydrogen (secondary N) is 1. The van der Waals surface area contributed by atoms with Gasteiger partial charge in [-0.1, -0.05) is 77.0 Å². The zero-order valence-corrected chi connectivity index (χ0v) is 40.2. The summed E-state index contributed by atoms with van der Waals surface area (Å²) in [5.74, 6) is -29.3. The molecule has 0 fully saturated rings. The van der Waals surface area contributed by atoms with Gasteiger partial charge in [-0.25, -0.2) is 61.5 Å². The molecule has 1 nitrogen and oxygen atoms in total. The van der Waals surface area contributed by atoms with E-state index in [4.69, 9.17) is 0 Å². The summed E-state index contributed by atoms with van der Waals surface area (Å²) >= 11 is 0. The molecular formula is C45H63BF27N. The van der Waals surface area contributed by atoms with E-state index in [0.717, 1.165) is 12.1 Å². The first-order chi connectivity index (χ1) is 33.7. The van der Waals surface area contributed by atoms with Gasteiger partial charge in [0.2, 0.25) is 6.80 Å². The van der Waals surface area contributed by atoms with Crippen LogP contribution in [0.3, 0.4) is 0 Å². The fraction of sp³-hybridized carbons (Fsp3) is 0.867. The lowest BCUT2D eigenvalue weighted by molar-refractivity contribution is -0.846. The van der Waals surface area contributed by atoms with E-state index in [1.165, 1.54) is 6.07 Å². The van der Waals surface area contributed by atoms with Crippen molar-refractivity contribution in [2.45, 2.75) is 234 Å². The largest absolute Gasteiger partial charge is 0.389 e. The maximum atomic E-state index is 16.5. The molecule has 0 aromatic heterocycles. The summed E-state index contributed by atoms with van der Waals surface area (Å²) in [6, 6.07) is 3.16. The quantitative estimate of drug-likeness (QED) is 0.0299. The Morgan fingerprint density at radius 1 is 0.392 bits per heavy atom. The monoisotopic (exact) mass is 1140 g/mol. The van der Waals surface area contributed by atoms with Gasteiger partial charge < -0.3 is 0 Å². The van der Waals surface area contributed by atoms with Gasteiger partial charge in [0.1, 0.15) is 30.5 Å². The van der Waals surface area contributed by atoms with Gasteiger partial charge in [0.15, 0.2) is 34.8 Å². The van der Waals surface area contributed by atoms with Crippen LogP contribution >= 0.6 is 0 Å². The molecule has 0 aliphatic carbocycles. The molecule has 0 saturated heterocycles. The second kappa shape index (κ2) is 31.1. The van der Waals surface area contributed by atoms with Gasteiger partial charge in [-0.2, -0.15) is 57.1 Å². The topological polar surface area (TPSA) is 4.44 Å². The van der Waals surface area contributed by atoms with Crippen LogP contribution in [-0.4, -0.2) is 92.2 Å². The third kappa shape index (κ3) is 23.1. The first-order valence-electron chi connectivity index (χ1n) is 24.1. The van der Waals surface area contributed by atoms with Gasteiger partial charge >= 0.3 is 30.9 Å². The Hall–Kier alpha value is -2.65. The molecule has 0 saturated carbocycles. The van der Waals surface area contributed by atoms with Gasteiger partial charge in [0.25, 0.3) is 0 Å². The fourth-order valence-electron chi connectivity index (χ4n) is 8.54. The molecule has 5 atom stereocenters. The molecule has 0 heterocycles. The van der Waals surface area contributed by atoms with Crippen LogP contribution in [0.2, 0.25) is 0 Å². The normalized spacial score (nSPS) is 16.5. The summed E-state index contributed by atoms with van der Waals surface area (Å²) in [6.07, 6.45) is -71.7. The lowest BCUT2D eigenvalue weighted by Gasteiger charge is -2.60. The smallest absolute Gasteiger partial charge is 0.274 e. The Morgan fingerprint density at radius 2 is 0.635 bits per heavy atom. The second-order valence-corrected chi connectivity index (χ2v) is 18.4. The molecule has 1 aromatic carbocycles. The molecule has 1 rings (SSSR count). The molecule has 1 aromatic rings. The van der Waals surface area contributed by atoms with Crippen molar-refractivity contribution in [3.63, 3.8) is 0 Å². The van der Waals surface area contributed by atoms with Crippen LogP contribution in [0.1, 0.15) is 161 Å². The van der Waals surface area contributed by atoms with Crippen LogP contribution in [0.15, 0.2) is 18.2 Å². The Kier molecular flexibility index (Phi) is 30.0. The van der Waals surface area contributed by atoms with E-state index in [1.54, 1.807) is 6.92 Å². The molecule has 0 amide bonds. The van der Waals surface area contributed by atoms with E-state index in [0.29, 0.717) is 11.4 Å². The average Bonchev–Trinajstić information content (AvgIpc) is 3.24. The Labute approximate surface area is 412 Å². The molecular weight excluding hydrogens is 1080 g/mol. The van der Waals surface area contributed by atoms with Crippen molar-refractivity contribution in [2.75, 3.05) is 13.3 Å². The standard InChI is InChI=1S/C36H52BF24.C9H10F3N/c38-25(17-9-1-5-13-21-29(42,43)44)33(54,55)37(34(56,57)26(39)18-10-2-6-14-22-30(45,46)47,35(58,59)27(40)19-11-3-7-15-23-31(48,49)50)36(60,61)28(41)20-12-4-8-16-24-32(51,52)53;1-2-13(6-10)9-4-3-7(11)5-8(9)12/h25-28H,1-24H2;3-5H,2,6H2,1H3/q-1;/p+1. The SMILES string of the molecule is CC[NH+](CF)c1ccc(F)cc1F.FC(CCCCCCC(F)(F)F)C(F)(F)[B-](C(F)(F)C(F)CCCCCCC(F)(F)F)(C(F)(F)C(F)CCCCCCC(F)(F)F)C(F)(F)C(F)CCCCCCC(F)(F)F. The summed E-state index contributed by atoms with van der Waals surface area (Å²) in [7, 11) is 0. The lowest BCUT2D eigenvalue weighted by atomic mass is 9.09.